The maximum absolute atomic E-state index is 13.0. The van der Waals surface area contributed by atoms with E-state index in [0.29, 0.717) is 24.0 Å². The molecule has 2 aliphatic rings. The number of carbonyl (C=O) groups is 2. The van der Waals surface area contributed by atoms with Crippen molar-refractivity contribution in [2.45, 2.75) is 32.2 Å². The van der Waals surface area contributed by atoms with Gasteiger partial charge < -0.3 is 10.2 Å². The topological polar surface area (TPSA) is 78.1 Å². The highest BCUT2D eigenvalue weighted by molar-refractivity contribution is 5.95. The summed E-state index contributed by atoms with van der Waals surface area (Å²) in [6.45, 7) is 2.67. The lowest BCUT2D eigenvalue weighted by Gasteiger charge is -2.24. The Balaban J connectivity index is 1.51. The average Bonchev–Trinajstić information content (AvgIpc) is 3.24. The number of aromatic nitrogens is 2. The lowest BCUT2D eigenvalue weighted by Crippen LogP contribution is -2.38. The molecule has 2 N–H and O–H groups in total. The zero-order valence-electron chi connectivity index (χ0n) is 15.2. The number of aromatic amines is 1. The summed E-state index contributed by atoms with van der Waals surface area (Å²) in [5.41, 5.74) is 3.24. The van der Waals surface area contributed by atoms with Gasteiger partial charge in [0.2, 0.25) is 5.91 Å². The van der Waals surface area contributed by atoms with E-state index >= 15 is 0 Å². The molecule has 1 saturated carbocycles. The minimum absolute atomic E-state index is 0.0277. The summed E-state index contributed by atoms with van der Waals surface area (Å²) in [6.07, 6.45) is 2.44. The molecule has 136 valence electrons. The van der Waals surface area contributed by atoms with Crippen LogP contribution in [0.5, 0.6) is 0 Å². The van der Waals surface area contributed by atoms with Crippen molar-refractivity contribution >= 4 is 11.8 Å². The van der Waals surface area contributed by atoms with E-state index in [-0.39, 0.29) is 17.9 Å². The second-order valence-corrected chi connectivity index (χ2v) is 7.51. The second kappa shape index (κ2) is 6.59. The molecule has 0 bridgehead atoms. The van der Waals surface area contributed by atoms with Gasteiger partial charge in [0.05, 0.1) is 5.69 Å². The number of hydrogen-bond acceptors (Lipinski definition) is 3. The van der Waals surface area contributed by atoms with Gasteiger partial charge in [-0.15, -0.1) is 0 Å². The average molecular weight is 352 g/mol. The second-order valence-electron chi connectivity index (χ2n) is 7.51. The first-order valence-corrected chi connectivity index (χ1v) is 9.19. The molecule has 0 radical (unpaired) electrons. The highest BCUT2D eigenvalue weighted by atomic mass is 16.2. The molecule has 1 aromatic heterocycles. The van der Waals surface area contributed by atoms with E-state index in [2.05, 4.69) is 15.5 Å². The van der Waals surface area contributed by atoms with Gasteiger partial charge in [-0.3, -0.25) is 14.7 Å². The van der Waals surface area contributed by atoms with Crippen molar-refractivity contribution in [1.29, 1.82) is 0 Å². The number of nitrogens with zero attached hydrogens (tertiary/aromatic N) is 2. The molecule has 2 amide bonds. The van der Waals surface area contributed by atoms with Crippen LogP contribution in [0.2, 0.25) is 0 Å². The van der Waals surface area contributed by atoms with Gasteiger partial charge >= 0.3 is 0 Å². The summed E-state index contributed by atoms with van der Waals surface area (Å²) in [5.74, 6) is 0.986. The largest absolute Gasteiger partial charge is 0.356 e. The molecule has 6 nitrogen and oxygen atoms in total. The lowest BCUT2D eigenvalue weighted by molar-refractivity contribution is -0.124. The van der Waals surface area contributed by atoms with Gasteiger partial charge in [0.15, 0.2) is 0 Å². The van der Waals surface area contributed by atoms with Crippen LogP contribution in [0.15, 0.2) is 30.3 Å². The SMILES string of the molecule is Cc1c(-c2ccccc2)n[nH]c1C(=O)N(C)[C@H]1C[C@H]2CNC(=O)C[C@H]2C1. The van der Waals surface area contributed by atoms with E-state index in [0.717, 1.165) is 36.2 Å². The Morgan fingerprint density at radius 2 is 1.92 bits per heavy atom. The Kier molecular flexibility index (Phi) is 4.26. The van der Waals surface area contributed by atoms with Gasteiger partial charge in [-0.25, -0.2) is 0 Å². The Labute approximate surface area is 153 Å². The molecule has 2 aromatic rings. The standard InChI is InChI=1S/C20H24N4O2/c1-12-18(13-6-4-3-5-7-13)22-23-19(12)20(26)24(2)16-8-14-10-17(25)21-11-15(14)9-16/h3-7,14-16H,8-11H2,1-2H3,(H,21,25)(H,22,23)/t14-,15+,16-/m1/s1. The fourth-order valence-corrected chi connectivity index (χ4v) is 4.38. The fourth-order valence-electron chi connectivity index (χ4n) is 4.38. The number of hydrogen-bond donors (Lipinski definition) is 2. The lowest BCUT2D eigenvalue weighted by atomic mass is 9.89. The van der Waals surface area contributed by atoms with E-state index in [4.69, 9.17) is 0 Å². The number of H-pyrrole nitrogens is 1. The van der Waals surface area contributed by atoms with Crippen LogP contribution in [-0.4, -0.2) is 46.5 Å². The minimum atomic E-state index is -0.0277. The van der Waals surface area contributed by atoms with Crippen LogP contribution >= 0.6 is 0 Å². The molecule has 3 atom stereocenters. The summed E-state index contributed by atoms with van der Waals surface area (Å²) in [6, 6.07) is 10.1. The number of benzene rings is 1. The van der Waals surface area contributed by atoms with E-state index in [9.17, 15) is 9.59 Å². The Morgan fingerprint density at radius 1 is 1.19 bits per heavy atom. The van der Waals surface area contributed by atoms with E-state index in [1.165, 1.54) is 0 Å². The molecule has 0 unspecified atom stereocenters. The molecule has 0 spiro atoms. The molecule has 1 aliphatic heterocycles. The van der Waals surface area contributed by atoms with Crippen molar-refractivity contribution in [2.75, 3.05) is 13.6 Å². The number of fused-ring (bicyclic) bond motifs is 1. The molecule has 4 rings (SSSR count). The molecule has 1 aromatic carbocycles. The monoisotopic (exact) mass is 352 g/mol. The maximum atomic E-state index is 13.0. The molecular formula is C20H24N4O2. The van der Waals surface area contributed by atoms with Crippen LogP contribution < -0.4 is 5.32 Å². The molecule has 2 fully saturated rings. The van der Waals surface area contributed by atoms with Crippen molar-refractivity contribution in [2.24, 2.45) is 11.8 Å². The van der Waals surface area contributed by atoms with Gasteiger partial charge in [-0.05, 0) is 31.6 Å². The van der Waals surface area contributed by atoms with Crippen molar-refractivity contribution in [3.8, 4) is 11.3 Å². The summed E-state index contributed by atoms with van der Waals surface area (Å²) in [4.78, 5) is 26.5. The third-order valence-electron chi connectivity index (χ3n) is 5.96. The van der Waals surface area contributed by atoms with Gasteiger partial charge in [-0.2, -0.15) is 5.10 Å². The summed E-state index contributed by atoms with van der Waals surface area (Å²) < 4.78 is 0. The van der Waals surface area contributed by atoms with Crippen molar-refractivity contribution in [3.63, 3.8) is 0 Å². The first-order chi connectivity index (χ1) is 12.5. The fraction of sp³-hybridized carbons (Fsp3) is 0.450. The maximum Gasteiger partial charge on any atom is 0.272 e. The van der Waals surface area contributed by atoms with Crippen LogP contribution in [-0.2, 0) is 4.79 Å². The molecule has 2 heterocycles. The Hall–Kier alpha value is -2.63. The van der Waals surface area contributed by atoms with Crippen LogP contribution in [0.1, 0.15) is 35.3 Å². The highest BCUT2D eigenvalue weighted by Gasteiger charge is 2.41. The summed E-state index contributed by atoms with van der Waals surface area (Å²) >= 11 is 0. The third kappa shape index (κ3) is 2.89. The molecule has 26 heavy (non-hydrogen) atoms. The number of nitrogens with one attached hydrogen (secondary N) is 2. The smallest absolute Gasteiger partial charge is 0.272 e. The minimum Gasteiger partial charge on any atom is -0.356 e. The highest BCUT2D eigenvalue weighted by Crippen LogP contribution is 2.38. The molecule has 6 heteroatoms. The van der Waals surface area contributed by atoms with Gasteiger partial charge in [0.25, 0.3) is 5.91 Å². The van der Waals surface area contributed by atoms with E-state index < -0.39 is 0 Å². The van der Waals surface area contributed by atoms with Crippen molar-refractivity contribution in [3.05, 3.63) is 41.6 Å². The third-order valence-corrected chi connectivity index (χ3v) is 5.96. The molecule has 1 saturated heterocycles. The van der Waals surface area contributed by atoms with Crippen LogP contribution in [0.3, 0.4) is 0 Å². The normalized spacial score (nSPS) is 24.8. The predicted octanol–water partition coefficient (Wildman–Crippen LogP) is 2.37. The predicted molar refractivity (Wildman–Crippen MR) is 98.5 cm³/mol. The van der Waals surface area contributed by atoms with E-state index in [1.807, 2.05) is 49.2 Å². The first kappa shape index (κ1) is 16.8. The van der Waals surface area contributed by atoms with Crippen LogP contribution in [0.25, 0.3) is 11.3 Å². The van der Waals surface area contributed by atoms with E-state index in [1.54, 1.807) is 0 Å². The number of piperidine rings is 1. The van der Waals surface area contributed by atoms with Gasteiger partial charge in [0.1, 0.15) is 5.69 Å². The number of rotatable bonds is 3. The van der Waals surface area contributed by atoms with Crippen LogP contribution in [0.4, 0.5) is 0 Å². The summed E-state index contributed by atoms with van der Waals surface area (Å²) in [5, 5.41) is 10.3. The molecule has 1 aliphatic carbocycles. The number of amides is 2. The Bertz CT molecular complexity index is 830. The number of carbonyl (C=O) groups excluding carboxylic acids is 2. The van der Waals surface area contributed by atoms with Gasteiger partial charge in [0, 0.05) is 37.2 Å². The zero-order valence-corrected chi connectivity index (χ0v) is 15.2. The van der Waals surface area contributed by atoms with Crippen molar-refractivity contribution in [1.82, 2.24) is 20.4 Å². The summed E-state index contributed by atoms with van der Waals surface area (Å²) in [7, 11) is 1.86. The van der Waals surface area contributed by atoms with Crippen molar-refractivity contribution < 1.29 is 9.59 Å². The van der Waals surface area contributed by atoms with Gasteiger partial charge in [-0.1, -0.05) is 30.3 Å². The quantitative estimate of drug-likeness (QED) is 0.890. The zero-order chi connectivity index (χ0) is 18.3. The Morgan fingerprint density at radius 3 is 2.69 bits per heavy atom. The first-order valence-electron chi connectivity index (χ1n) is 9.19. The van der Waals surface area contributed by atoms with Crippen LogP contribution in [0, 0.1) is 18.8 Å². The molecular weight excluding hydrogens is 328 g/mol.